The highest BCUT2D eigenvalue weighted by molar-refractivity contribution is 5.96. The molecule has 0 radical (unpaired) electrons. The Morgan fingerprint density at radius 3 is 2.70 bits per heavy atom. The van der Waals surface area contributed by atoms with Crippen LogP contribution in [0.1, 0.15) is 42.6 Å². The summed E-state index contributed by atoms with van der Waals surface area (Å²) < 4.78 is 35.8. The number of carbonyl (C=O) groups excluding carboxylic acids is 1. The monoisotopic (exact) mass is 591 g/mol. The molecule has 0 aliphatic carbocycles. The van der Waals surface area contributed by atoms with Crippen LogP contribution in [0.4, 0.5) is 20.3 Å². The number of nitrogens with zero attached hydrogens (tertiary/aromatic N) is 4. The van der Waals surface area contributed by atoms with Crippen molar-refractivity contribution in [2.24, 2.45) is 5.92 Å². The lowest BCUT2D eigenvalue weighted by atomic mass is 10.0. The van der Waals surface area contributed by atoms with Gasteiger partial charge in [-0.1, -0.05) is 13.8 Å². The van der Waals surface area contributed by atoms with E-state index in [1.54, 1.807) is 16.8 Å². The maximum atomic E-state index is 14.9. The van der Waals surface area contributed by atoms with Gasteiger partial charge in [-0.3, -0.25) is 9.20 Å². The van der Waals surface area contributed by atoms with Crippen LogP contribution >= 0.6 is 0 Å². The first-order chi connectivity index (χ1) is 20.8. The van der Waals surface area contributed by atoms with Crippen LogP contribution in [0.15, 0.2) is 48.9 Å². The number of aryl methyl sites for hydroxylation is 1. The molecule has 0 bridgehead atoms. The Labute approximate surface area is 250 Å². The fourth-order valence-electron chi connectivity index (χ4n) is 5.44. The van der Waals surface area contributed by atoms with Crippen LogP contribution in [0.3, 0.4) is 0 Å². The van der Waals surface area contributed by atoms with Crippen molar-refractivity contribution in [3.8, 4) is 17.0 Å². The number of ether oxygens (including phenoxy) is 1. The van der Waals surface area contributed by atoms with Gasteiger partial charge in [-0.15, -0.1) is 0 Å². The average Bonchev–Trinajstić information content (AvgIpc) is 3.43. The first-order valence-corrected chi connectivity index (χ1v) is 14.8. The highest BCUT2D eigenvalue weighted by Gasteiger charge is 2.21. The number of nitrogens with one attached hydrogen (secondary N) is 3. The standard InChI is InChI=1S/C32H39F2N7O2/c1-5-21-15-23(7-8-24(21)32(42)39-22(6-2)11-13-40(3)19-20-16-35-17-20)38-30-31-37-18-26(41(31)14-12-36-30)25-9-10-27(43-4)29(34)28(25)33/h7-10,12,14-15,18,20,22,35H,5-6,11,13,16-17,19H2,1-4H3,(H,36,38)(H,39,42). The topological polar surface area (TPSA) is 95.8 Å². The maximum Gasteiger partial charge on any atom is 0.251 e. The zero-order valence-electron chi connectivity index (χ0n) is 25.1. The van der Waals surface area contributed by atoms with E-state index in [9.17, 15) is 13.6 Å². The Hall–Kier alpha value is -4.09. The minimum atomic E-state index is -1.06. The third kappa shape index (κ3) is 6.62. The molecule has 1 fully saturated rings. The number of rotatable bonds is 13. The van der Waals surface area contributed by atoms with Crippen molar-refractivity contribution in [3.63, 3.8) is 0 Å². The van der Waals surface area contributed by atoms with Crippen LogP contribution < -0.4 is 20.7 Å². The lowest BCUT2D eigenvalue weighted by molar-refractivity contribution is 0.0929. The lowest BCUT2D eigenvalue weighted by Gasteiger charge is -2.32. The Morgan fingerprint density at radius 1 is 1.19 bits per heavy atom. The molecule has 1 atom stereocenters. The highest BCUT2D eigenvalue weighted by Crippen LogP contribution is 2.31. The molecule has 11 heteroatoms. The van der Waals surface area contributed by atoms with Crippen LogP contribution in [0.25, 0.3) is 16.9 Å². The molecular formula is C32H39F2N7O2. The second-order valence-electron chi connectivity index (χ2n) is 11.1. The quantitative estimate of drug-likeness (QED) is 0.201. The summed E-state index contributed by atoms with van der Waals surface area (Å²) in [4.78, 5) is 24.5. The summed E-state index contributed by atoms with van der Waals surface area (Å²) in [7, 11) is 3.43. The van der Waals surface area contributed by atoms with Crippen molar-refractivity contribution in [1.29, 1.82) is 0 Å². The summed E-state index contributed by atoms with van der Waals surface area (Å²) in [6.45, 7) is 8.30. The van der Waals surface area contributed by atoms with Crippen molar-refractivity contribution >= 4 is 23.1 Å². The summed E-state index contributed by atoms with van der Waals surface area (Å²) >= 11 is 0. The first-order valence-electron chi connectivity index (χ1n) is 14.8. The van der Waals surface area contributed by atoms with Crippen molar-refractivity contribution in [3.05, 3.63) is 71.7 Å². The number of carbonyl (C=O) groups is 1. The van der Waals surface area contributed by atoms with Gasteiger partial charge < -0.3 is 25.6 Å². The third-order valence-electron chi connectivity index (χ3n) is 8.09. The molecule has 1 saturated heterocycles. The number of hydrogen-bond acceptors (Lipinski definition) is 7. The van der Waals surface area contributed by atoms with E-state index in [4.69, 9.17) is 4.74 Å². The van der Waals surface area contributed by atoms with Gasteiger partial charge >= 0.3 is 0 Å². The lowest BCUT2D eigenvalue weighted by Crippen LogP contribution is -2.48. The van der Waals surface area contributed by atoms with E-state index < -0.39 is 11.6 Å². The molecule has 1 aliphatic heterocycles. The number of aromatic nitrogens is 3. The molecule has 3 N–H and O–H groups in total. The van der Waals surface area contributed by atoms with Gasteiger partial charge in [0.15, 0.2) is 23.0 Å². The van der Waals surface area contributed by atoms with Gasteiger partial charge in [0, 0.05) is 54.9 Å². The van der Waals surface area contributed by atoms with Crippen molar-refractivity contribution in [2.45, 2.75) is 39.2 Å². The van der Waals surface area contributed by atoms with E-state index in [-0.39, 0.29) is 23.3 Å². The molecule has 9 nitrogen and oxygen atoms in total. The zero-order chi connectivity index (χ0) is 30.5. The average molecular weight is 592 g/mol. The van der Waals surface area contributed by atoms with E-state index in [2.05, 4.69) is 44.8 Å². The zero-order valence-corrected chi connectivity index (χ0v) is 25.1. The largest absolute Gasteiger partial charge is 0.494 e. The van der Waals surface area contributed by atoms with E-state index in [0.717, 1.165) is 56.2 Å². The van der Waals surface area contributed by atoms with Crippen molar-refractivity contribution in [1.82, 2.24) is 29.9 Å². The minimum Gasteiger partial charge on any atom is -0.494 e. The molecular weight excluding hydrogens is 552 g/mol. The number of methoxy groups -OCH3 is 1. The molecule has 2 aromatic carbocycles. The second-order valence-corrected chi connectivity index (χ2v) is 11.1. The SMILES string of the molecule is CCc1cc(Nc2nccn3c(-c4ccc(OC)c(F)c4F)cnc23)ccc1C(=O)NC(CC)CCN(C)CC1CNC1. The Kier molecular flexibility index (Phi) is 9.52. The molecule has 43 heavy (non-hydrogen) atoms. The van der Waals surface area contributed by atoms with Gasteiger partial charge in [0.1, 0.15) is 0 Å². The van der Waals surface area contributed by atoms with E-state index in [0.29, 0.717) is 29.1 Å². The van der Waals surface area contributed by atoms with Crippen molar-refractivity contribution in [2.75, 3.05) is 45.7 Å². The van der Waals surface area contributed by atoms with Gasteiger partial charge in [-0.25, -0.2) is 14.4 Å². The van der Waals surface area contributed by atoms with Crippen LogP contribution in [0, 0.1) is 17.6 Å². The van der Waals surface area contributed by atoms with Crippen molar-refractivity contribution < 1.29 is 18.3 Å². The number of fused-ring (bicyclic) bond motifs is 1. The molecule has 1 amide bonds. The molecule has 0 saturated carbocycles. The Bertz CT molecular complexity index is 1590. The molecule has 228 valence electrons. The van der Waals surface area contributed by atoms with Crippen LogP contribution in [-0.4, -0.2) is 71.6 Å². The first kappa shape index (κ1) is 30.4. The predicted octanol–water partition coefficient (Wildman–Crippen LogP) is 5.04. The number of imidazole rings is 1. The molecule has 1 aliphatic rings. The van der Waals surface area contributed by atoms with Crippen LogP contribution in [0.5, 0.6) is 5.75 Å². The summed E-state index contributed by atoms with van der Waals surface area (Å²) in [5, 5.41) is 9.83. The second kappa shape index (κ2) is 13.5. The predicted molar refractivity (Wildman–Crippen MR) is 164 cm³/mol. The number of anilines is 2. The van der Waals surface area contributed by atoms with Crippen LogP contribution in [-0.2, 0) is 6.42 Å². The fraction of sp³-hybridized carbons (Fsp3) is 0.406. The van der Waals surface area contributed by atoms with E-state index in [1.807, 2.05) is 25.1 Å². The summed E-state index contributed by atoms with van der Waals surface area (Å²) in [5.74, 6) is -1.16. The van der Waals surface area contributed by atoms with Gasteiger partial charge in [-0.2, -0.15) is 4.39 Å². The van der Waals surface area contributed by atoms with E-state index >= 15 is 0 Å². The van der Waals surface area contributed by atoms with Gasteiger partial charge in [0.25, 0.3) is 5.91 Å². The number of hydrogen-bond donors (Lipinski definition) is 3. The van der Waals surface area contributed by atoms with Gasteiger partial charge in [-0.05, 0) is 74.7 Å². The molecule has 0 spiro atoms. The van der Waals surface area contributed by atoms with Gasteiger partial charge in [0.05, 0.1) is 19.0 Å². The molecule has 2 aromatic heterocycles. The van der Waals surface area contributed by atoms with Gasteiger partial charge in [0.2, 0.25) is 5.82 Å². The Morgan fingerprint density at radius 2 is 2.00 bits per heavy atom. The fourth-order valence-corrected chi connectivity index (χ4v) is 5.44. The van der Waals surface area contributed by atoms with Crippen LogP contribution in [0.2, 0.25) is 0 Å². The highest BCUT2D eigenvalue weighted by atomic mass is 19.2. The summed E-state index contributed by atoms with van der Waals surface area (Å²) in [6, 6.07) is 8.53. The molecule has 5 rings (SSSR count). The van der Waals surface area contributed by atoms with E-state index in [1.165, 1.54) is 25.4 Å². The molecule has 3 heterocycles. The normalized spacial score (nSPS) is 14.1. The number of benzene rings is 2. The number of halogens is 2. The molecule has 4 aromatic rings. The maximum absolute atomic E-state index is 14.9. The minimum absolute atomic E-state index is 0.0549. The smallest absolute Gasteiger partial charge is 0.251 e. The summed E-state index contributed by atoms with van der Waals surface area (Å²) in [6.07, 6.45) is 7.11. The summed E-state index contributed by atoms with van der Waals surface area (Å²) in [5.41, 5.74) is 3.15. The number of amides is 1. The third-order valence-corrected chi connectivity index (χ3v) is 8.09. The Balaban J connectivity index is 1.30. The molecule has 1 unspecified atom stereocenters.